The van der Waals surface area contributed by atoms with E-state index in [0.717, 1.165) is 19.3 Å². The molecule has 4 heteroatoms. The molecule has 0 saturated carbocycles. The normalized spacial score (nSPS) is 18.8. The Labute approximate surface area is 176 Å². The number of nitrogens with zero attached hydrogens (tertiary/aromatic N) is 1. The maximum atomic E-state index is 12.8. The van der Waals surface area contributed by atoms with Gasteiger partial charge in [0.15, 0.2) is 0 Å². The first-order chi connectivity index (χ1) is 14.6. The summed E-state index contributed by atoms with van der Waals surface area (Å²) in [5.74, 6) is -0.467. The van der Waals surface area contributed by atoms with E-state index < -0.39 is 0 Å². The second-order valence-corrected chi connectivity index (χ2v) is 8.18. The first-order valence-corrected chi connectivity index (χ1v) is 10.5. The standard InChI is InChI=1S/C26H24N2O2/c1-17(18-7-3-2-4-8-18)27-21-13-11-20-16-22(14-12-19(20)15-21)28-25(29)23-9-5-6-10-24(23)26(28)30/h2-10,12,14,16-17,21,27H,11,13,15H2,1H3. The Hall–Kier alpha value is -3.24. The number of anilines is 1. The molecule has 1 N–H and O–H groups in total. The van der Waals surface area contributed by atoms with E-state index in [-0.39, 0.29) is 11.8 Å². The molecule has 1 aliphatic carbocycles. The van der Waals surface area contributed by atoms with Gasteiger partial charge in [-0.3, -0.25) is 9.59 Å². The number of carbonyl (C=O) groups excluding carboxylic acids is 2. The topological polar surface area (TPSA) is 49.4 Å². The minimum Gasteiger partial charge on any atom is -0.307 e. The summed E-state index contributed by atoms with van der Waals surface area (Å²) in [6.07, 6.45) is 2.93. The first kappa shape index (κ1) is 18.8. The Kier molecular flexibility index (Phi) is 4.72. The van der Waals surface area contributed by atoms with E-state index in [1.807, 2.05) is 18.2 Å². The molecule has 0 saturated heterocycles. The number of aryl methyl sites for hydroxylation is 1. The lowest BCUT2D eigenvalue weighted by Crippen LogP contribution is -2.36. The average molecular weight is 396 g/mol. The summed E-state index contributed by atoms with van der Waals surface area (Å²) in [5.41, 5.74) is 5.46. The Morgan fingerprint density at radius 3 is 2.23 bits per heavy atom. The summed E-state index contributed by atoms with van der Waals surface area (Å²) in [4.78, 5) is 26.9. The summed E-state index contributed by atoms with van der Waals surface area (Å²) in [7, 11) is 0. The zero-order chi connectivity index (χ0) is 20.7. The lowest BCUT2D eigenvalue weighted by atomic mass is 9.87. The molecule has 0 fully saturated rings. The van der Waals surface area contributed by atoms with Gasteiger partial charge in [0.1, 0.15) is 0 Å². The number of carbonyl (C=O) groups is 2. The van der Waals surface area contributed by atoms with Crippen molar-refractivity contribution >= 4 is 17.5 Å². The highest BCUT2D eigenvalue weighted by atomic mass is 16.2. The van der Waals surface area contributed by atoms with Crippen LogP contribution < -0.4 is 10.2 Å². The molecule has 0 bridgehead atoms. The number of nitrogens with one attached hydrogen (secondary N) is 1. The van der Waals surface area contributed by atoms with E-state index in [1.165, 1.54) is 21.6 Å². The molecule has 3 aromatic carbocycles. The van der Waals surface area contributed by atoms with Crippen LogP contribution in [0.4, 0.5) is 5.69 Å². The van der Waals surface area contributed by atoms with Crippen molar-refractivity contribution in [3.63, 3.8) is 0 Å². The quantitative estimate of drug-likeness (QED) is 0.651. The van der Waals surface area contributed by atoms with Crippen LogP contribution in [0.3, 0.4) is 0 Å². The van der Waals surface area contributed by atoms with E-state index in [0.29, 0.717) is 28.9 Å². The molecule has 0 aromatic heterocycles. The van der Waals surface area contributed by atoms with Gasteiger partial charge in [0.2, 0.25) is 0 Å². The van der Waals surface area contributed by atoms with Crippen LogP contribution in [0.2, 0.25) is 0 Å². The third kappa shape index (κ3) is 3.23. The van der Waals surface area contributed by atoms with Crippen LogP contribution >= 0.6 is 0 Å². The van der Waals surface area contributed by atoms with Gasteiger partial charge in [-0.2, -0.15) is 0 Å². The van der Waals surface area contributed by atoms with Crippen molar-refractivity contribution in [1.82, 2.24) is 5.32 Å². The van der Waals surface area contributed by atoms with E-state index >= 15 is 0 Å². The number of rotatable bonds is 4. The monoisotopic (exact) mass is 396 g/mol. The molecule has 2 atom stereocenters. The first-order valence-electron chi connectivity index (χ1n) is 10.5. The van der Waals surface area contributed by atoms with Crippen LogP contribution in [0.15, 0.2) is 72.8 Å². The molecule has 0 spiro atoms. The number of fused-ring (bicyclic) bond motifs is 2. The maximum absolute atomic E-state index is 12.8. The van der Waals surface area contributed by atoms with Crippen molar-refractivity contribution in [3.05, 3.63) is 101 Å². The second-order valence-electron chi connectivity index (χ2n) is 8.18. The van der Waals surface area contributed by atoms with E-state index in [9.17, 15) is 9.59 Å². The van der Waals surface area contributed by atoms with E-state index in [2.05, 4.69) is 42.6 Å². The predicted octanol–water partition coefficient (Wildman–Crippen LogP) is 4.70. The molecule has 4 nitrogen and oxygen atoms in total. The van der Waals surface area contributed by atoms with Gasteiger partial charge in [0, 0.05) is 12.1 Å². The summed E-state index contributed by atoms with van der Waals surface area (Å²) in [6.45, 7) is 2.20. The number of amides is 2. The minimum absolute atomic E-state index is 0.234. The zero-order valence-corrected chi connectivity index (χ0v) is 17.0. The number of hydrogen-bond donors (Lipinski definition) is 1. The summed E-state index contributed by atoms with van der Waals surface area (Å²) in [6, 6.07) is 24.3. The van der Waals surface area contributed by atoms with Gasteiger partial charge in [-0.15, -0.1) is 0 Å². The number of imide groups is 1. The van der Waals surface area contributed by atoms with Crippen LogP contribution in [0.5, 0.6) is 0 Å². The second kappa shape index (κ2) is 7.54. The van der Waals surface area contributed by atoms with E-state index in [4.69, 9.17) is 0 Å². The van der Waals surface area contributed by atoms with Gasteiger partial charge in [-0.1, -0.05) is 48.5 Å². The molecule has 30 heavy (non-hydrogen) atoms. The summed E-state index contributed by atoms with van der Waals surface area (Å²) in [5, 5.41) is 3.75. The van der Waals surface area contributed by atoms with Crippen LogP contribution in [-0.2, 0) is 12.8 Å². The molecule has 5 rings (SSSR count). The average Bonchev–Trinajstić information content (AvgIpc) is 3.04. The minimum atomic E-state index is -0.234. The number of hydrogen-bond acceptors (Lipinski definition) is 3. The van der Waals surface area contributed by atoms with Crippen LogP contribution in [0.25, 0.3) is 0 Å². The third-order valence-corrected chi connectivity index (χ3v) is 6.26. The van der Waals surface area contributed by atoms with Crippen molar-refractivity contribution in [2.45, 2.75) is 38.3 Å². The van der Waals surface area contributed by atoms with Crippen LogP contribution in [0, 0.1) is 0 Å². The lowest BCUT2D eigenvalue weighted by Gasteiger charge is -2.29. The smallest absolute Gasteiger partial charge is 0.266 e. The third-order valence-electron chi connectivity index (χ3n) is 6.26. The molecule has 1 aliphatic heterocycles. The highest BCUT2D eigenvalue weighted by Crippen LogP contribution is 2.32. The van der Waals surface area contributed by atoms with Crippen molar-refractivity contribution in [2.75, 3.05) is 4.90 Å². The van der Waals surface area contributed by atoms with Crippen LogP contribution in [0.1, 0.15) is 56.8 Å². The zero-order valence-electron chi connectivity index (χ0n) is 17.0. The Morgan fingerprint density at radius 1 is 0.867 bits per heavy atom. The fourth-order valence-electron chi connectivity index (χ4n) is 4.64. The van der Waals surface area contributed by atoms with E-state index in [1.54, 1.807) is 24.3 Å². The highest BCUT2D eigenvalue weighted by Gasteiger charge is 2.36. The lowest BCUT2D eigenvalue weighted by molar-refractivity contribution is 0.0926. The molecule has 2 unspecified atom stereocenters. The highest BCUT2D eigenvalue weighted by molar-refractivity contribution is 6.34. The summed E-state index contributed by atoms with van der Waals surface area (Å²) >= 11 is 0. The molecule has 3 aromatic rings. The Morgan fingerprint density at radius 2 is 1.53 bits per heavy atom. The van der Waals surface area contributed by atoms with Gasteiger partial charge < -0.3 is 5.32 Å². The van der Waals surface area contributed by atoms with Gasteiger partial charge in [-0.25, -0.2) is 4.90 Å². The molecular formula is C26H24N2O2. The largest absolute Gasteiger partial charge is 0.307 e. The SMILES string of the molecule is CC(NC1CCc2cc(N3C(=O)c4ccccc4C3=O)ccc2C1)c1ccccc1. The van der Waals surface area contributed by atoms with Gasteiger partial charge >= 0.3 is 0 Å². The van der Waals surface area contributed by atoms with Crippen molar-refractivity contribution in [2.24, 2.45) is 0 Å². The fourth-order valence-corrected chi connectivity index (χ4v) is 4.64. The van der Waals surface area contributed by atoms with Gasteiger partial charge in [-0.05, 0) is 67.1 Å². The fraction of sp³-hybridized carbons (Fsp3) is 0.231. The predicted molar refractivity (Wildman–Crippen MR) is 118 cm³/mol. The molecular weight excluding hydrogens is 372 g/mol. The number of benzene rings is 3. The molecule has 2 aliphatic rings. The van der Waals surface area contributed by atoms with Gasteiger partial charge in [0.05, 0.1) is 16.8 Å². The maximum Gasteiger partial charge on any atom is 0.266 e. The Balaban J connectivity index is 1.33. The van der Waals surface area contributed by atoms with Crippen molar-refractivity contribution in [1.29, 1.82) is 0 Å². The summed E-state index contributed by atoms with van der Waals surface area (Å²) < 4.78 is 0. The molecule has 1 heterocycles. The van der Waals surface area contributed by atoms with Crippen LogP contribution in [-0.4, -0.2) is 17.9 Å². The Bertz CT molecular complexity index is 1090. The van der Waals surface area contributed by atoms with Gasteiger partial charge in [0.25, 0.3) is 11.8 Å². The van der Waals surface area contributed by atoms with Crippen molar-refractivity contribution in [3.8, 4) is 0 Å². The van der Waals surface area contributed by atoms with Crippen molar-refractivity contribution < 1.29 is 9.59 Å². The molecule has 0 radical (unpaired) electrons. The molecule has 150 valence electrons. The molecule has 2 amide bonds.